The second-order valence-electron chi connectivity index (χ2n) is 5.70. The highest BCUT2D eigenvalue weighted by atomic mass is 16.3. The van der Waals surface area contributed by atoms with E-state index in [0.717, 1.165) is 11.4 Å². The first-order valence-electron chi connectivity index (χ1n) is 8.44. The third kappa shape index (κ3) is 5.96. The first-order valence-corrected chi connectivity index (χ1v) is 8.44. The number of carbonyl (C=O) groups excluding carboxylic acids is 1. The van der Waals surface area contributed by atoms with Gasteiger partial charge in [-0.25, -0.2) is 15.0 Å². The van der Waals surface area contributed by atoms with Crippen molar-refractivity contribution in [3.8, 4) is 0 Å². The van der Waals surface area contributed by atoms with Gasteiger partial charge < -0.3 is 20.4 Å². The second-order valence-corrected chi connectivity index (χ2v) is 5.70. The summed E-state index contributed by atoms with van der Waals surface area (Å²) in [7, 11) is 0. The normalized spacial score (nSPS) is 10.7. The van der Waals surface area contributed by atoms with E-state index >= 15 is 0 Å². The fraction of sp³-hybridized carbons (Fsp3) is 0.158. The summed E-state index contributed by atoms with van der Waals surface area (Å²) in [5.41, 5.74) is 1.11. The molecule has 138 valence electrons. The van der Waals surface area contributed by atoms with Crippen molar-refractivity contribution < 1.29 is 9.21 Å². The highest BCUT2D eigenvalue weighted by Gasteiger charge is 2.01. The van der Waals surface area contributed by atoms with E-state index in [1.165, 1.54) is 12.4 Å². The minimum atomic E-state index is -0.191. The van der Waals surface area contributed by atoms with Crippen LogP contribution in [0, 0.1) is 6.92 Å². The van der Waals surface area contributed by atoms with E-state index in [1.54, 1.807) is 36.7 Å². The first kappa shape index (κ1) is 18.1. The lowest BCUT2D eigenvalue weighted by Crippen LogP contribution is -2.27. The van der Waals surface area contributed by atoms with E-state index in [-0.39, 0.29) is 5.91 Å². The van der Waals surface area contributed by atoms with Gasteiger partial charge in [-0.05, 0) is 42.8 Å². The zero-order valence-electron chi connectivity index (χ0n) is 14.8. The second kappa shape index (κ2) is 9.14. The lowest BCUT2D eigenvalue weighted by atomic mass is 10.3. The summed E-state index contributed by atoms with van der Waals surface area (Å²) in [4.78, 5) is 24.3. The van der Waals surface area contributed by atoms with Gasteiger partial charge in [-0.3, -0.25) is 4.79 Å². The number of nitrogens with one attached hydrogen (secondary N) is 3. The zero-order chi connectivity index (χ0) is 18.9. The highest BCUT2D eigenvalue weighted by molar-refractivity contribution is 5.91. The van der Waals surface area contributed by atoms with E-state index in [2.05, 4.69) is 30.9 Å². The number of aromatic nitrogens is 3. The van der Waals surface area contributed by atoms with Gasteiger partial charge >= 0.3 is 0 Å². The molecule has 0 aliphatic heterocycles. The van der Waals surface area contributed by atoms with Crippen LogP contribution in [-0.2, 0) is 4.79 Å². The minimum Gasteiger partial charge on any atom is -0.465 e. The molecule has 8 nitrogen and oxygen atoms in total. The predicted molar refractivity (Wildman–Crippen MR) is 104 cm³/mol. The summed E-state index contributed by atoms with van der Waals surface area (Å²) in [6.45, 7) is 2.98. The van der Waals surface area contributed by atoms with Crippen LogP contribution in [0.15, 0.2) is 59.6 Å². The van der Waals surface area contributed by atoms with Gasteiger partial charge in [0.2, 0.25) is 5.91 Å². The molecule has 0 aliphatic rings. The number of aryl methyl sites for hydroxylation is 1. The number of carbonyl (C=O) groups is 1. The van der Waals surface area contributed by atoms with Gasteiger partial charge in [-0.2, -0.15) is 0 Å². The van der Waals surface area contributed by atoms with Crippen LogP contribution in [0.2, 0.25) is 0 Å². The molecule has 27 heavy (non-hydrogen) atoms. The first-order chi connectivity index (χ1) is 13.2. The van der Waals surface area contributed by atoms with Crippen molar-refractivity contribution in [2.45, 2.75) is 6.92 Å². The monoisotopic (exact) mass is 364 g/mol. The summed E-state index contributed by atoms with van der Waals surface area (Å²) in [5, 5.41) is 9.05. The number of amides is 1. The molecule has 0 atom stereocenters. The Labute approximate surface area is 156 Å². The zero-order valence-corrected chi connectivity index (χ0v) is 14.8. The summed E-state index contributed by atoms with van der Waals surface area (Å²) in [6, 6.07) is 9.18. The Bertz CT molecular complexity index is 908. The third-order valence-corrected chi connectivity index (χ3v) is 3.51. The molecule has 0 fully saturated rings. The topological polar surface area (TPSA) is 105 Å². The highest BCUT2D eigenvalue weighted by Crippen LogP contribution is 2.14. The van der Waals surface area contributed by atoms with Crippen molar-refractivity contribution in [3.63, 3.8) is 0 Å². The fourth-order valence-corrected chi connectivity index (χ4v) is 2.24. The number of hydrogen-bond acceptors (Lipinski definition) is 7. The quantitative estimate of drug-likeness (QED) is 0.417. The van der Waals surface area contributed by atoms with Gasteiger partial charge in [0.05, 0.1) is 6.26 Å². The van der Waals surface area contributed by atoms with Crippen molar-refractivity contribution >= 4 is 29.4 Å². The molecule has 0 radical (unpaired) electrons. The Morgan fingerprint density at radius 2 is 1.96 bits per heavy atom. The molecule has 0 spiro atoms. The molecule has 8 heteroatoms. The van der Waals surface area contributed by atoms with Gasteiger partial charge in [-0.15, -0.1) is 0 Å². The maximum atomic E-state index is 11.7. The van der Waals surface area contributed by atoms with Crippen LogP contribution in [0.1, 0.15) is 11.3 Å². The molecular weight excluding hydrogens is 344 g/mol. The molecule has 3 N–H and O–H groups in total. The lowest BCUT2D eigenvalue weighted by Gasteiger charge is -2.08. The average Bonchev–Trinajstić information content (AvgIpc) is 3.18. The minimum absolute atomic E-state index is 0.191. The standard InChI is InChI=1S/C19H20N6O2/c1-14-6-7-20-17(11-14)25-18-12-16(23-13-24-18)21-8-9-22-19(26)5-4-15-3-2-10-27-15/h2-7,10-13H,8-9H2,1H3,(H,22,26)(H2,20,21,23,24,25)/b5-4+. The van der Waals surface area contributed by atoms with Gasteiger partial charge in [0.15, 0.2) is 0 Å². The van der Waals surface area contributed by atoms with Crippen LogP contribution in [0.3, 0.4) is 0 Å². The van der Waals surface area contributed by atoms with Gasteiger partial charge in [0.25, 0.3) is 0 Å². The molecule has 0 saturated carbocycles. The van der Waals surface area contributed by atoms with E-state index < -0.39 is 0 Å². The van der Waals surface area contributed by atoms with Crippen molar-refractivity contribution in [1.82, 2.24) is 20.3 Å². The molecular formula is C19H20N6O2. The van der Waals surface area contributed by atoms with Crippen molar-refractivity contribution in [3.05, 3.63) is 66.5 Å². The molecule has 0 aliphatic carbocycles. The Morgan fingerprint density at radius 3 is 2.78 bits per heavy atom. The Balaban J connectivity index is 1.44. The van der Waals surface area contributed by atoms with Crippen molar-refractivity contribution in [2.75, 3.05) is 23.7 Å². The van der Waals surface area contributed by atoms with E-state index in [0.29, 0.717) is 30.5 Å². The summed E-state index contributed by atoms with van der Waals surface area (Å²) < 4.78 is 5.12. The summed E-state index contributed by atoms with van der Waals surface area (Å²) >= 11 is 0. The third-order valence-electron chi connectivity index (χ3n) is 3.51. The van der Waals surface area contributed by atoms with Crippen LogP contribution in [-0.4, -0.2) is 33.9 Å². The summed E-state index contributed by atoms with van der Waals surface area (Å²) in [5.74, 6) is 2.45. The number of anilines is 3. The molecule has 3 rings (SSSR count). The number of furan rings is 1. The molecule has 0 saturated heterocycles. The number of rotatable bonds is 8. The van der Waals surface area contributed by atoms with Crippen LogP contribution < -0.4 is 16.0 Å². The van der Waals surface area contributed by atoms with Crippen molar-refractivity contribution in [1.29, 1.82) is 0 Å². The molecule has 1 amide bonds. The maximum absolute atomic E-state index is 11.7. The van der Waals surface area contributed by atoms with Gasteiger partial charge in [0, 0.05) is 31.4 Å². The Hall–Kier alpha value is -3.68. The number of pyridine rings is 1. The van der Waals surface area contributed by atoms with Gasteiger partial charge in [-0.1, -0.05) is 0 Å². The van der Waals surface area contributed by atoms with E-state index in [1.807, 2.05) is 19.1 Å². The van der Waals surface area contributed by atoms with Crippen LogP contribution in [0.5, 0.6) is 0 Å². The molecule has 0 aromatic carbocycles. The molecule has 0 unspecified atom stereocenters. The van der Waals surface area contributed by atoms with E-state index in [9.17, 15) is 4.79 Å². The fourth-order valence-electron chi connectivity index (χ4n) is 2.24. The van der Waals surface area contributed by atoms with Crippen molar-refractivity contribution in [2.24, 2.45) is 0 Å². The van der Waals surface area contributed by atoms with Gasteiger partial charge in [0.1, 0.15) is 29.5 Å². The SMILES string of the molecule is Cc1ccnc(Nc2cc(NCCNC(=O)/C=C/c3ccco3)ncn2)c1. The van der Waals surface area contributed by atoms with Crippen LogP contribution in [0.25, 0.3) is 6.08 Å². The Kier molecular flexibility index (Phi) is 6.13. The molecule has 0 bridgehead atoms. The molecule has 3 heterocycles. The maximum Gasteiger partial charge on any atom is 0.244 e. The number of hydrogen-bond donors (Lipinski definition) is 3. The van der Waals surface area contributed by atoms with E-state index in [4.69, 9.17) is 4.42 Å². The Morgan fingerprint density at radius 1 is 1.11 bits per heavy atom. The number of nitrogens with zero attached hydrogens (tertiary/aromatic N) is 3. The van der Waals surface area contributed by atoms with Crippen LogP contribution in [0.4, 0.5) is 17.5 Å². The molecule has 3 aromatic rings. The predicted octanol–water partition coefficient (Wildman–Crippen LogP) is 2.76. The summed E-state index contributed by atoms with van der Waals surface area (Å²) in [6.07, 6.45) is 7.80. The average molecular weight is 364 g/mol. The molecule has 3 aromatic heterocycles. The lowest BCUT2D eigenvalue weighted by molar-refractivity contribution is -0.116. The smallest absolute Gasteiger partial charge is 0.244 e. The largest absolute Gasteiger partial charge is 0.465 e. The van der Waals surface area contributed by atoms with Crippen LogP contribution >= 0.6 is 0 Å².